The van der Waals surface area contributed by atoms with E-state index in [0.29, 0.717) is 26.9 Å². The maximum atomic E-state index is 12.5. The van der Waals surface area contributed by atoms with Crippen LogP contribution in [0.1, 0.15) is 12.0 Å². The SMILES string of the molecule is O=C1C/C(=C\c2ccc(Cl)cc2Cl)C(=O)N1c1ccccc1. The molecule has 1 saturated heterocycles. The first-order chi connectivity index (χ1) is 10.6. The normalized spacial score (nSPS) is 16.6. The molecule has 0 spiro atoms. The zero-order valence-corrected chi connectivity index (χ0v) is 12.9. The van der Waals surface area contributed by atoms with Crippen molar-refractivity contribution >= 4 is 46.8 Å². The summed E-state index contributed by atoms with van der Waals surface area (Å²) in [6.45, 7) is 0. The molecular weight excluding hydrogens is 321 g/mol. The molecule has 3 rings (SSSR count). The number of nitrogens with zero attached hydrogens (tertiary/aromatic N) is 1. The summed E-state index contributed by atoms with van der Waals surface area (Å²) in [5, 5.41) is 0.963. The van der Waals surface area contributed by atoms with Gasteiger partial charge in [0.25, 0.3) is 5.91 Å². The van der Waals surface area contributed by atoms with Gasteiger partial charge in [0.05, 0.1) is 12.1 Å². The number of para-hydroxylation sites is 1. The highest BCUT2D eigenvalue weighted by atomic mass is 35.5. The Morgan fingerprint density at radius 2 is 1.73 bits per heavy atom. The largest absolute Gasteiger partial charge is 0.274 e. The Morgan fingerprint density at radius 3 is 2.41 bits per heavy atom. The molecule has 0 aromatic heterocycles. The third-order valence-corrected chi connectivity index (χ3v) is 3.94. The second kappa shape index (κ2) is 5.95. The van der Waals surface area contributed by atoms with E-state index in [4.69, 9.17) is 23.2 Å². The third-order valence-electron chi connectivity index (χ3n) is 3.38. The van der Waals surface area contributed by atoms with Gasteiger partial charge in [0.15, 0.2) is 0 Å². The predicted octanol–water partition coefficient (Wildman–Crippen LogP) is 4.34. The first kappa shape index (κ1) is 14.8. The number of rotatable bonds is 2. The fourth-order valence-corrected chi connectivity index (χ4v) is 2.79. The summed E-state index contributed by atoms with van der Waals surface area (Å²) in [4.78, 5) is 25.8. The van der Waals surface area contributed by atoms with Crippen molar-refractivity contribution in [3.63, 3.8) is 0 Å². The summed E-state index contributed by atoms with van der Waals surface area (Å²) in [6.07, 6.45) is 1.70. The Labute approximate surface area is 137 Å². The van der Waals surface area contributed by atoms with Gasteiger partial charge in [0.1, 0.15) is 0 Å². The number of carbonyl (C=O) groups excluding carboxylic acids is 2. The van der Waals surface area contributed by atoms with Crippen LogP contribution >= 0.6 is 23.2 Å². The number of hydrogen-bond acceptors (Lipinski definition) is 2. The molecule has 0 aliphatic carbocycles. The van der Waals surface area contributed by atoms with Crippen LogP contribution in [0.4, 0.5) is 5.69 Å². The topological polar surface area (TPSA) is 37.4 Å². The third kappa shape index (κ3) is 2.78. The lowest BCUT2D eigenvalue weighted by molar-refractivity contribution is -0.120. The van der Waals surface area contributed by atoms with Gasteiger partial charge >= 0.3 is 0 Å². The van der Waals surface area contributed by atoms with Gasteiger partial charge in [-0.3, -0.25) is 9.59 Å². The van der Waals surface area contributed by atoms with E-state index in [9.17, 15) is 9.59 Å². The van der Waals surface area contributed by atoms with Gasteiger partial charge in [-0.1, -0.05) is 47.5 Å². The van der Waals surface area contributed by atoms with Crippen LogP contribution in [-0.2, 0) is 9.59 Å². The molecule has 1 heterocycles. The summed E-state index contributed by atoms with van der Waals surface area (Å²) in [5.41, 5.74) is 1.65. The molecule has 0 saturated carbocycles. The van der Waals surface area contributed by atoms with Crippen LogP contribution in [0.15, 0.2) is 54.1 Å². The highest BCUT2D eigenvalue weighted by Gasteiger charge is 2.34. The van der Waals surface area contributed by atoms with Gasteiger partial charge in [0, 0.05) is 15.6 Å². The van der Waals surface area contributed by atoms with E-state index in [0.717, 1.165) is 0 Å². The number of amides is 2. The zero-order valence-electron chi connectivity index (χ0n) is 11.4. The number of anilines is 1. The Hall–Kier alpha value is -2.10. The second-order valence-corrected chi connectivity index (χ2v) is 5.73. The Balaban J connectivity index is 1.96. The van der Waals surface area contributed by atoms with Crippen molar-refractivity contribution < 1.29 is 9.59 Å². The maximum Gasteiger partial charge on any atom is 0.261 e. The summed E-state index contributed by atoms with van der Waals surface area (Å²) in [6, 6.07) is 13.9. The monoisotopic (exact) mass is 331 g/mol. The van der Waals surface area contributed by atoms with Crippen molar-refractivity contribution in [1.82, 2.24) is 0 Å². The van der Waals surface area contributed by atoms with Crippen molar-refractivity contribution in [1.29, 1.82) is 0 Å². The van der Waals surface area contributed by atoms with Crippen LogP contribution in [0.5, 0.6) is 0 Å². The fraction of sp³-hybridized carbons (Fsp3) is 0.0588. The van der Waals surface area contributed by atoms with E-state index in [2.05, 4.69) is 0 Å². The molecule has 0 atom stereocenters. The number of carbonyl (C=O) groups is 2. The summed E-state index contributed by atoms with van der Waals surface area (Å²) in [7, 11) is 0. The Morgan fingerprint density at radius 1 is 1.00 bits per heavy atom. The van der Waals surface area contributed by atoms with Crippen molar-refractivity contribution in [2.75, 3.05) is 4.90 Å². The maximum absolute atomic E-state index is 12.5. The van der Waals surface area contributed by atoms with Gasteiger partial charge in [-0.15, -0.1) is 0 Å². The molecular formula is C17H11Cl2NO2. The molecule has 2 amide bonds. The van der Waals surface area contributed by atoms with Crippen LogP contribution in [0.25, 0.3) is 6.08 Å². The molecule has 0 N–H and O–H groups in total. The van der Waals surface area contributed by atoms with Gasteiger partial charge in [-0.2, -0.15) is 0 Å². The quantitative estimate of drug-likeness (QED) is 0.606. The van der Waals surface area contributed by atoms with Gasteiger partial charge in [-0.25, -0.2) is 4.90 Å². The Bertz CT molecular complexity index is 785. The first-order valence-electron chi connectivity index (χ1n) is 6.64. The molecule has 0 unspecified atom stereocenters. The smallest absolute Gasteiger partial charge is 0.261 e. The van der Waals surface area contributed by atoms with E-state index >= 15 is 0 Å². The molecule has 22 heavy (non-hydrogen) atoms. The molecule has 2 aromatic rings. The molecule has 1 aliphatic heterocycles. The van der Waals surface area contributed by atoms with Crippen LogP contribution in [0, 0.1) is 0 Å². The molecule has 110 valence electrons. The average molecular weight is 332 g/mol. The van der Waals surface area contributed by atoms with Crippen LogP contribution < -0.4 is 4.90 Å². The molecule has 5 heteroatoms. The lowest BCUT2D eigenvalue weighted by Crippen LogP contribution is -2.28. The van der Waals surface area contributed by atoms with Crippen molar-refractivity contribution in [3.8, 4) is 0 Å². The van der Waals surface area contributed by atoms with Crippen LogP contribution in [-0.4, -0.2) is 11.8 Å². The van der Waals surface area contributed by atoms with Crippen molar-refractivity contribution in [2.45, 2.75) is 6.42 Å². The van der Waals surface area contributed by atoms with Gasteiger partial charge in [-0.05, 0) is 35.9 Å². The minimum absolute atomic E-state index is 0.0622. The molecule has 2 aromatic carbocycles. The zero-order chi connectivity index (χ0) is 15.7. The summed E-state index contributed by atoms with van der Waals surface area (Å²) >= 11 is 12.0. The van der Waals surface area contributed by atoms with Gasteiger partial charge < -0.3 is 0 Å². The number of benzene rings is 2. The predicted molar refractivity (Wildman–Crippen MR) is 88.0 cm³/mol. The first-order valence-corrected chi connectivity index (χ1v) is 7.40. The van der Waals surface area contributed by atoms with E-state index < -0.39 is 0 Å². The lowest BCUT2D eigenvalue weighted by atomic mass is 10.1. The fourth-order valence-electron chi connectivity index (χ4n) is 2.33. The van der Waals surface area contributed by atoms with Crippen LogP contribution in [0.2, 0.25) is 10.0 Å². The van der Waals surface area contributed by atoms with E-state index in [1.807, 2.05) is 6.07 Å². The van der Waals surface area contributed by atoms with E-state index in [1.165, 1.54) is 4.90 Å². The molecule has 0 bridgehead atoms. The number of hydrogen-bond donors (Lipinski definition) is 0. The standard InChI is InChI=1S/C17H11Cl2NO2/c18-13-7-6-11(15(19)10-13)8-12-9-16(21)20(17(12)22)14-4-2-1-3-5-14/h1-8,10H,9H2/b12-8+. The van der Waals surface area contributed by atoms with Crippen LogP contribution in [0.3, 0.4) is 0 Å². The van der Waals surface area contributed by atoms with E-state index in [-0.39, 0.29) is 18.2 Å². The average Bonchev–Trinajstić information content (AvgIpc) is 2.77. The van der Waals surface area contributed by atoms with E-state index in [1.54, 1.807) is 48.5 Å². The highest BCUT2D eigenvalue weighted by Crippen LogP contribution is 2.29. The number of halogens is 2. The van der Waals surface area contributed by atoms with Crippen molar-refractivity contribution in [3.05, 3.63) is 69.7 Å². The lowest BCUT2D eigenvalue weighted by Gasteiger charge is -2.12. The molecule has 1 aliphatic rings. The Kier molecular flexibility index (Phi) is 4.01. The molecule has 0 radical (unpaired) electrons. The summed E-state index contributed by atoms with van der Waals surface area (Å²) in [5.74, 6) is -0.560. The van der Waals surface area contributed by atoms with Crippen molar-refractivity contribution in [2.24, 2.45) is 0 Å². The van der Waals surface area contributed by atoms with Gasteiger partial charge in [0.2, 0.25) is 5.91 Å². The number of imide groups is 1. The molecule has 1 fully saturated rings. The minimum atomic E-state index is -0.317. The molecule has 3 nitrogen and oxygen atoms in total. The second-order valence-electron chi connectivity index (χ2n) is 4.88. The highest BCUT2D eigenvalue weighted by molar-refractivity contribution is 6.36. The summed E-state index contributed by atoms with van der Waals surface area (Å²) < 4.78 is 0. The minimum Gasteiger partial charge on any atom is -0.274 e.